The Hall–Kier alpha value is -1.25. The van der Waals surface area contributed by atoms with E-state index in [0.717, 1.165) is 24.8 Å². The summed E-state index contributed by atoms with van der Waals surface area (Å²) < 4.78 is 37.4. The van der Waals surface area contributed by atoms with Gasteiger partial charge in [-0.05, 0) is 50.5 Å². The van der Waals surface area contributed by atoms with Gasteiger partial charge in [-0.1, -0.05) is 6.92 Å². The number of ether oxygens (including phenoxy) is 1. The van der Waals surface area contributed by atoms with Gasteiger partial charge in [0.2, 0.25) is 0 Å². The van der Waals surface area contributed by atoms with E-state index in [1.165, 1.54) is 4.68 Å². The SMILES string of the molecule is Cc1c(C[C@H](C)CCS(=O)(=O)O)cnn(C2CCCCO2)c1=O. The van der Waals surface area contributed by atoms with E-state index < -0.39 is 10.1 Å². The minimum Gasteiger partial charge on any atom is -0.356 e. The average Bonchev–Trinajstić information content (AvgIpc) is 2.50. The molecule has 1 unspecified atom stereocenters. The number of hydrogen-bond donors (Lipinski definition) is 1. The predicted molar refractivity (Wildman–Crippen MR) is 86.0 cm³/mol. The maximum absolute atomic E-state index is 12.5. The highest BCUT2D eigenvalue weighted by atomic mass is 32.2. The zero-order chi connectivity index (χ0) is 17.0. The monoisotopic (exact) mass is 344 g/mol. The van der Waals surface area contributed by atoms with Crippen molar-refractivity contribution in [3.63, 3.8) is 0 Å². The first-order valence-electron chi connectivity index (χ1n) is 7.92. The standard InChI is InChI=1S/C15H24N2O5S/c1-11(6-8-23(19,20)21)9-13-10-16-17(15(18)12(13)2)14-5-3-4-7-22-14/h10-11,14H,3-9H2,1-2H3,(H,19,20,21)/t11-,14?/m1/s1. The first kappa shape index (κ1) is 18.1. The number of nitrogens with zero attached hydrogens (tertiary/aromatic N) is 2. The second kappa shape index (κ2) is 7.55. The Morgan fingerprint density at radius 1 is 1.48 bits per heavy atom. The third-order valence-electron chi connectivity index (χ3n) is 4.21. The molecule has 0 saturated carbocycles. The van der Waals surface area contributed by atoms with Gasteiger partial charge >= 0.3 is 0 Å². The zero-order valence-electron chi connectivity index (χ0n) is 13.6. The maximum atomic E-state index is 12.5. The van der Waals surface area contributed by atoms with E-state index in [1.807, 2.05) is 6.92 Å². The molecule has 1 aromatic heterocycles. The van der Waals surface area contributed by atoms with Crippen molar-refractivity contribution in [1.29, 1.82) is 0 Å². The highest BCUT2D eigenvalue weighted by molar-refractivity contribution is 7.85. The predicted octanol–water partition coefficient (Wildman–Crippen LogP) is 1.71. The minimum atomic E-state index is -3.95. The summed E-state index contributed by atoms with van der Waals surface area (Å²) >= 11 is 0. The highest BCUT2D eigenvalue weighted by Crippen LogP contribution is 2.21. The Balaban J connectivity index is 2.09. The van der Waals surface area contributed by atoms with E-state index in [0.29, 0.717) is 25.0 Å². The smallest absolute Gasteiger partial charge is 0.272 e. The van der Waals surface area contributed by atoms with Crippen LogP contribution in [0.5, 0.6) is 0 Å². The van der Waals surface area contributed by atoms with Crippen LogP contribution in [0, 0.1) is 12.8 Å². The molecule has 0 amide bonds. The van der Waals surface area contributed by atoms with Crippen molar-refractivity contribution in [3.8, 4) is 0 Å². The molecule has 2 heterocycles. The van der Waals surface area contributed by atoms with Crippen LogP contribution in [0.4, 0.5) is 0 Å². The third-order valence-corrected chi connectivity index (χ3v) is 4.97. The van der Waals surface area contributed by atoms with Crippen LogP contribution in [0.3, 0.4) is 0 Å². The fraction of sp³-hybridized carbons (Fsp3) is 0.733. The van der Waals surface area contributed by atoms with Crippen LogP contribution in [-0.2, 0) is 21.3 Å². The van der Waals surface area contributed by atoms with Crippen LogP contribution in [0.25, 0.3) is 0 Å². The van der Waals surface area contributed by atoms with Crippen LogP contribution in [0.1, 0.15) is 50.0 Å². The van der Waals surface area contributed by atoms with Gasteiger partial charge in [-0.15, -0.1) is 0 Å². The largest absolute Gasteiger partial charge is 0.356 e. The van der Waals surface area contributed by atoms with Gasteiger partial charge in [-0.2, -0.15) is 13.5 Å². The van der Waals surface area contributed by atoms with E-state index in [9.17, 15) is 13.2 Å². The minimum absolute atomic E-state index is 0.0265. The van der Waals surface area contributed by atoms with Crippen LogP contribution in [0.2, 0.25) is 0 Å². The number of aromatic nitrogens is 2. The average molecular weight is 344 g/mol. The molecule has 0 spiro atoms. The molecule has 1 aliphatic rings. The molecule has 2 rings (SSSR count). The van der Waals surface area contributed by atoms with Crippen molar-refractivity contribution in [2.45, 2.75) is 52.2 Å². The molecule has 1 aromatic rings. The van der Waals surface area contributed by atoms with E-state index in [4.69, 9.17) is 9.29 Å². The molecule has 0 radical (unpaired) electrons. The van der Waals surface area contributed by atoms with Crippen molar-refractivity contribution in [1.82, 2.24) is 9.78 Å². The first-order valence-corrected chi connectivity index (χ1v) is 9.53. The quantitative estimate of drug-likeness (QED) is 0.789. The van der Waals surface area contributed by atoms with Gasteiger partial charge < -0.3 is 4.74 Å². The lowest BCUT2D eigenvalue weighted by Crippen LogP contribution is -2.33. The molecule has 8 heteroatoms. The first-order chi connectivity index (χ1) is 10.8. The molecule has 0 aromatic carbocycles. The highest BCUT2D eigenvalue weighted by Gasteiger charge is 2.20. The van der Waals surface area contributed by atoms with Gasteiger partial charge in [-0.3, -0.25) is 9.35 Å². The summed E-state index contributed by atoms with van der Waals surface area (Å²) in [5.74, 6) is -0.244. The lowest BCUT2D eigenvalue weighted by Gasteiger charge is -2.24. The zero-order valence-corrected chi connectivity index (χ0v) is 14.4. The van der Waals surface area contributed by atoms with Gasteiger partial charge in [0.05, 0.1) is 11.9 Å². The summed E-state index contributed by atoms with van der Waals surface area (Å²) in [4.78, 5) is 12.5. The van der Waals surface area contributed by atoms with Gasteiger partial charge in [0.1, 0.15) is 0 Å². The molecule has 1 saturated heterocycles. The molecular weight excluding hydrogens is 320 g/mol. The lowest BCUT2D eigenvalue weighted by atomic mass is 9.98. The van der Waals surface area contributed by atoms with E-state index in [-0.39, 0.29) is 23.5 Å². The van der Waals surface area contributed by atoms with Crippen LogP contribution in [-0.4, -0.2) is 35.1 Å². The summed E-state index contributed by atoms with van der Waals surface area (Å²) in [7, 11) is -3.95. The van der Waals surface area contributed by atoms with E-state index >= 15 is 0 Å². The van der Waals surface area contributed by atoms with Gasteiger partial charge in [-0.25, -0.2) is 4.68 Å². The molecule has 1 N–H and O–H groups in total. The molecule has 7 nitrogen and oxygen atoms in total. The Bertz CT molecular complexity index is 692. The van der Waals surface area contributed by atoms with Gasteiger partial charge in [0, 0.05) is 12.2 Å². The van der Waals surface area contributed by atoms with Crippen LogP contribution >= 0.6 is 0 Å². The van der Waals surface area contributed by atoms with Crippen molar-refractivity contribution in [2.24, 2.45) is 5.92 Å². The summed E-state index contributed by atoms with van der Waals surface area (Å²) in [5.41, 5.74) is 1.27. The fourth-order valence-corrected chi connectivity index (χ4v) is 3.45. The normalized spacial score (nSPS) is 20.4. The van der Waals surface area contributed by atoms with Crippen LogP contribution in [0.15, 0.2) is 11.0 Å². The molecule has 130 valence electrons. The summed E-state index contributed by atoms with van der Waals surface area (Å²) in [5, 5.41) is 4.24. The Morgan fingerprint density at radius 3 is 2.83 bits per heavy atom. The van der Waals surface area contributed by atoms with Crippen molar-refractivity contribution in [3.05, 3.63) is 27.7 Å². The molecule has 0 bridgehead atoms. The van der Waals surface area contributed by atoms with Crippen LogP contribution < -0.4 is 5.56 Å². The van der Waals surface area contributed by atoms with Crippen molar-refractivity contribution < 1.29 is 17.7 Å². The summed E-state index contributed by atoms with van der Waals surface area (Å²) in [6, 6.07) is 0. The molecule has 1 aliphatic heterocycles. The lowest BCUT2D eigenvalue weighted by molar-refractivity contribution is -0.0426. The fourth-order valence-electron chi connectivity index (χ4n) is 2.75. The number of hydrogen-bond acceptors (Lipinski definition) is 5. The maximum Gasteiger partial charge on any atom is 0.272 e. The third kappa shape index (κ3) is 5.12. The summed E-state index contributed by atoms with van der Waals surface area (Å²) in [6.07, 6.45) is 5.08. The second-order valence-electron chi connectivity index (χ2n) is 6.25. The Morgan fingerprint density at radius 2 is 2.22 bits per heavy atom. The Kier molecular flexibility index (Phi) is 5.94. The second-order valence-corrected chi connectivity index (χ2v) is 7.82. The molecule has 0 aliphatic carbocycles. The molecule has 23 heavy (non-hydrogen) atoms. The van der Waals surface area contributed by atoms with Crippen molar-refractivity contribution in [2.75, 3.05) is 12.4 Å². The Labute approximate surface area is 136 Å². The van der Waals surface area contributed by atoms with E-state index in [1.54, 1.807) is 13.1 Å². The molecule has 1 fully saturated rings. The van der Waals surface area contributed by atoms with Crippen molar-refractivity contribution >= 4 is 10.1 Å². The number of rotatable bonds is 6. The van der Waals surface area contributed by atoms with Gasteiger partial charge in [0.25, 0.3) is 15.7 Å². The topological polar surface area (TPSA) is 98.5 Å². The van der Waals surface area contributed by atoms with E-state index in [2.05, 4.69) is 5.10 Å². The summed E-state index contributed by atoms with van der Waals surface area (Å²) in [6.45, 7) is 4.29. The molecular formula is C15H24N2O5S. The molecule has 2 atom stereocenters. The van der Waals surface area contributed by atoms with Gasteiger partial charge in [0.15, 0.2) is 6.23 Å².